The first-order valence-corrected chi connectivity index (χ1v) is 9.85. The summed E-state index contributed by atoms with van der Waals surface area (Å²) in [6.45, 7) is 0. The highest BCUT2D eigenvalue weighted by Crippen LogP contribution is 2.30. The number of aromatic nitrogens is 6. The third-order valence-corrected chi connectivity index (χ3v) is 5.27. The van der Waals surface area contributed by atoms with Crippen molar-refractivity contribution in [2.45, 2.75) is 10.9 Å². The average molecular weight is 438 g/mol. The summed E-state index contributed by atoms with van der Waals surface area (Å²) in [5, 5.41) is 1.03. The molecule has 5 rings (SSSR count). The van der Waals surface area contributed by atoms with Gasteiger partial charge in [-0.15, -0.1) is 12.4 Å². The Bertz CT molecular complexity index is 1370. The molecule has 3 aromatic heterocycles. The number of halogens is 1. The Hall–Kier alpha value is -3.43. The van der Waals surface area contributed by atoms with Gasteiger partial charge in [-0.1, -0.05) is 54.2 Å². The van der Waals surface area contributed by atoms with Crippen molar-refractivity contribution in [3.05, 3.63) is 70.9 Å². The van der Waals surface area contributed by atoms with Gasteiger partial charge >= 0.3 is 5.69 Å². The van der Waals surface area contributed by atoms with Crippen molar-refractivity contribution in [3.63, 3.8) is 0 Å². The molecule has 0 amide bonds. The molecule has 0 bridgehead atoms. The van der Waals surface area contributed by atoms with E-state index in [1.807, 2.05) is 54.6 Å². The van der Waals surface area contributed by atoms with Crippen LogP contribution in [0.4, 0.5) is 5.82 Å². The molecule has 0 fully saturated rings. The zero-order valence-electron chi connectivity index (χ0n) is 15.5. The molecule has 0 unspecified atom stereocenters. The second-order valence-electron chi connectivity index (χ2n) is 6.36. The molecule has 150 valence electrons. The minimum atomic E-state index is -0.541. The van der Waals surface area contributed by atoms with Gasteiger partial charge < -0.3 is 10.7 Å². The molecule has 10 heteroatoms. The second-order valence-corrected chi connectivity index (χ2v) is 7.31. The highest BCUT2D eigenvalue weighted by atomic mass is 35.5. The van der Waals surface area contributed by atoms with Crippen LogP contribution in [0.15, 0.2) is 64.5 Å². The molecule has 30 heavy (non-hydrogen) atoms. The lowest BCUT2D eigenvalue weighted by atomic mass is 10.1. The van der Waals surface area contributed by atoms with Crippen LogP contribution in [0.2, 0.25) is 0 Å². The quantitative estimate of drug-likeness (QED) is 0.290. The van der Waals surface area contributed by atoms with Gasteiger partial charge in [0.2, 0.25) is 0 Å². The van der Waals surface area contributed by atoms with Crippen molar-refractivity contribution in [3.8, 4) is 11.3 Å². The van der Waals surface area contributed by atoms with Crippen LogP contribution in [0, 0.1) is 0 Å². The van der Waals surface area contributed by atoms with Crippen LogP contribution in [0.5, 0.6) is 0 Å². The van der Waals surface area contributed by atoms with Crippen molar-refractivity contribution in [1.29, 1.82) is 0 Å². The molecule has 2 aromatic carbocycles. The Labute approximate surface area is 180 Å². The van der Waals surface area contributed by atoms with Crippen LogP contribution in [0.3, 0.4) is 0 Å². The van der Waals surface area contributed by atoms with E-state index >= 15 is 0 Å². The van der Waals surface area contributed by atoms with Crippen molar-refractivity contribution in [2.75, 3.05) is 5.73 Å². The third kappa shape index (κ3) is 3.72. The lowest BCUT2D eigenvalue weighted by molar-refractivity contribution is 0.972. The van der Waals surface area contributed by atoms with E-state index in [2.05, 4.69) is 24.9 Å². The Balaban J connectivity index is 0.00000218. The summed E-state index contributed by atoms with van der Waals surface area (Å²) in [6.07, 6.45) is 0. The summed E-state index contributed by atoms with van der Waals surface area (Å²) >= 11 is 1.42. The number of nitrogens with one attached hydrogen (secondary N) is 2. The van der Waals surface area contributed by atoms with Gasteiger partial charge in [-0.3, -0.25) is 4.98 Å². The van der Waals surface area contributed by atoms with Crippen molar-refractivity contribution in [2.24, 2.45) is 0 Å². The van der Waals surface area contributed by atoms with E-state index in [1.54, 1.807) is 0 Å². The molecule has 0 spiro atoms. The van der Waals surface area contributed by atoms with Gasteiger partial charge in [-0.05, 0) is 12.1 Å². The van der Waals surface area contributed by atoms with Gasteiger partial charge in [-0.2, -0.15) is 4.98 Å². The Morgan fingerprint density at radius 2 is 1.67 bits per heavy atom. The minimum Gasteiger partial charge on any atom is -0.384 e. The predicted molar refractivity (Wildman–Crippen MR) is 121 cm³/mol. The Morgan fingerprint density at radius 1 is 0.900 bits per heavy atom. The number of para-hydroxylation sites is 2. The van der Waals surface area contributed by atoms with Gasteiger partial charge in [0.25, 0.3) is 0 Å². The minimum absolute atomic E-state index is 0. The maximum absolute atomic E-state index is 11.8. The number of anilines is 1. The van der Waals surface area contributed by atoms with Crippen LogP contribution >= 0.6 is 24.2 Å². The van der Waals surface area contributed by atoms with Gasteiger partial charge in [0, 0.05) is 5.56 Å². The summed E-state index contributed by atoms with van der Waals surface area (Å²) in [5.74, 6) is 1.57. The van der Waals surface area contributed by atoms with Crippen LogP contribution in [0.25, 0.3) is 33.3 Å². The molecule has 8 nitrogen and oxygen atoms in total. The number of H-pyrrole nitrogens is 2. The maximum Gasteiger partial charge on any atom is 0.348 e. The molecule has 5 aromatic rings. The number of nitrogens with zero attached hydrogens (tertiary/aromatic N) is 4. The second kappa shape index (κ2) is 8.13. The number of hydrogen-bond donors (Lipinski definition) is 3. The van der Waals surface area contributed by atoms with E-state index in [0.717, 1.165) is 22.4 Å². The van der Waals surface area contributed by atoms with Crippen LogP contribution < -0.4 is 11.4 Å². The summed E-state index contributed by atoms with van der Waals surface area (Å²) < 4.78 is 0. The normalized spacial score (nSPS) is 10.9. The number of imidazole rings is 1. The highest BCUT2D eigenvalue weighted by Gasteiger charge is 2.15. The van der Waals surface area contributed by atoms with Crippen LogP contribution in [-0.2, 0) is 5.75 Å². The van der Waals surface area contributed by atoms with E-state index in [1.165, 1.54) is 11.8 Å². The summed E-state index contributed by atoms with van der Waals surface area (Å²) in [6, 6.07) is 17.5. The summed E-state index contributed by atoms with van der Waals surface area (Å²) in [5.41, 5.74) is 9.17. The van der Waals surface area contributed by atoms with Gasteiger partial charge in [-0.25, -0.2) is 19.7 Å². The predicted octanol–water partition coefficient (Wildman–Crippen LogP) is 3.55. The van der Waals surface area contributed by atoms with E-state index < -0.39 is 5.69 Å². The molecule has 0 atom stereocenters. The van der Waals surface area contributed by atoms with Gasteiger partial charge in [0.1, 0.15) is 11.6 Å². The van der Waals surface area contributed by atoms with E-state index in [9.17, 15) is 4.79 Å². The number of fused-ring (bicyclic) bond motifs is 2. The largest absolute Gasteiger partial charge is 0.384 e. The first kappa shape index (κ1) is 19.9. The Morgan fingerprint density at radius 3 is 2.47 bits per heavy atom. The topological polar surface area (TPSA) is 126 Å². The zero-order valence-corrected chi connectivity index (χ0v) is 17.1. The van der Waals surface area contributed by atoms with Crippen LogP contribution in [-0.4, -0.2) is 29.9 Å². The van der Waals surface area contributed by atoms with E-state index in [-0.39, 0.29) is 23.9 Å². The number of hydrogen-bond acceptors (Lipinski definition) is 7. The summed E-state index contributed by atoms with van der Waals surface area (Å²) in [4.78, 5) is 35.3. The Kier molecular flexibility index (Phi) is 5.39. The molecule has 4 N–H and O–H groups in total. The van der Waals surface area contributed by atoms with E-state index in [0.29, 0.717) is 22.0 Å². The number of aromatic amines is 2. The standard InChI is InChI=1S/C20H15N7OS.ClH/c21-17-15-16(11-6-2-1-3-7-11)24-20(27-18(15)26-19(28)25-17)29-10-14-22-12-8-4-5-9-13(12)23-14;/h1-9H,10H2,(H,22,23)(H3,21,24,25,26,27,28);1H. The lowest BCUT2D eigenvalue weighted by Gasteiger charge is -2.09. The number of nitrogens with two attached hydrogens (primary N) is 1. The average Bonchev–Trinajstić information content (AvgIpc) is 3.15. The fraction of sp³-hybridized carbons (Fsp3) is 0.0500. The molecule has 0 aliphatic rings. The van der Waals surface area contributed by atoms with Crippen molar-refractivity contribution in [1.82, 2.24) is 29.9 Å². The van der Waals surface area contributed by atoms with Gasteiger partial charge in [0.05, 0.1) is 27.9 Å². The molecular formula is C20H16ClN7OS. The van der Waals surface area contributed by atoms with Crippen molar-refractivity contribution >= 4 is 52.1 Å². The number of nitrogen functional groups attached to an aromatic ring is 1. The SMILES string of the molecule is Cl.Nc1[nH]c(=O)nc2nc(SCc3nc4ccccc4[nH]3)nc(-c3ccccc3)c12. The highest BCUT2D eigenvalue weighted by molar-refractivity contribution is 7.98. The number of rotatable bonds is 4. The number of benzene rings is 2. The molecule has 3 heterocycles. The monoisotopic (exact) mass is 437 g/mol. The van der Waals surface area contributed by atoms with Gasteiger partial charge in [0.15, 0.2) is 10.8 Å². The molecule has 0 aliphatic carbocycles. The molecule has 0 saturated heterocycles. The van der Waals surface area contributed by atoms with Crippen molar-refractivity contribution < 1.29 is 0 Å². The third-order valence-electron chi connectivity index (χ3n) is 4.41. The molecule has 0 saturated carbocycles. The first-order chi connectivity index (χ1) is 14.2. The van der Waals surface area contributed by atoms with Crippen LogP contribution in [0.1, 0.15) is 5.82 Å². The maximum atomic E-state index is 11.8. The fourth-order valence-electron chi connectivity index (χ4n) is 3.14. The van der Waals surface area contributed by atoms with E-state index in [4.69, 9.17) is 10.7 Å². The molecular weight excluding hydrogens is 422 g/mol. The lowest BCUT2D eigenvalue weighted by Crippen LogP contribution is -2.14. The zero-order chi connectivity index (χ0) is 19.8. The summed E-state index contributed by atoms with van der Waals surface area (Å²) in [7, 11) is 0. The fourth-order valence-corrected chi connectivity index (χ4v) is 3.85. The first-order valence-electron chi connectivity index (χ1n) is 8.87. The number of thioether (sulfide) groups is 1. The smallest absolute Gasteiger partial charge is 0.348 e. The molecule has 0 radical (unpaired) electrons. The molecule has 0 aliphatic heterocycles.